The van der Waals surface area contributed by atoms with Crippen LogP contribution in [0.25, 0.3) is 6.08 Å². The van der Waals surface area contributed by atoms with Crippen LogP contribution in [0.2, 0.25) is 0 Å². The molecule has 0 aliphatic carbocycles. The molecule has 1 aliphatic heterocycles. The molecule has 2 aromatic rings. The maximum Gasteiger partial charge on any atom is 0.266 e. The second-order valence-electron chi connectivity index (χ2n) is 5.03. The van der Waals surface area contributed by atoms with Crippen LogP contribution in [0.3, 0.4) is 0 Å². The van der Waals surface area contributed by atoms with Crippen LogP contribution in [0.1, 0.15) is 5.69 Å². The van der Waals surface area contributed by atoms with Crippen molar-refractivity contribution in [3.63, 3.8) is 0 Å². The van der Waals surface area contributed by atoms with Crippen LogP contribution < -0.4 is 14.8 Å². The number of anilines is 1. The maximum atomic E-state index is 12.3. The minimum Gasteiger partial charge on any atom is -0.486 e. The van der Waals surface area contributed by atoms with E-state index in [1.807, 2.05) is 36.0 Å². The van der Waals surface area contributed by atoms with Crippen LogP contribution >= 0.6 is 0 Å². The summed E-state index contributed by atoms with van der Waals surface area (Å²) in [5.74, 6) is 0.762. The van der Waals surface area contributed by atoms with E-state index in [0.29, 0.717) is 30.4 Å². The number of carbonyl (C=O) groups is 1. The Kier molecular flexibility index (Phi) is 4.02. The Morgan fingerprint density at radius 1 is 1.30 bits per heavy atom. The molecule has 3 rings (SSSR count). The van der Waals surface area contributed by atoms with Crippen LogP contribution in [0.15, 0.2) is 42.1 Å². The second kappa shape index (κ2) is 6.28. The summed E-state index contributed by atoms with van der Waals surface area (Å²) in [6.45, 7) is 0.984. The highest BCUT2D eigenvalue weighted by Gasteiger charge is 2.14. The number of fused-ring (bicyclic) bond motifs is 1. The van der Waals surface area contributed by atoms with Crippen LogP contribution in [0, 0.1) is 11.3 Å². The van der Waals surface area contributed by atoms with E-state index in [1.54, 1.807) is 24.3 Å². The van der Waals surface area contributed by atoms with Gasteiger partial charge in [0.1, 0.15) is 24.9 Å². The molecule has 6 nitrogen and oxygen atoms in total. The molecule has 1 aromatic heterocycles. The number of carbonyl (C=O) groups excluding carboxylic acids is 1. The monoisotopic (exact) mass is 309 g/mol. The second-order valence-corrected chi connectivity index (χ2v) is 5.03. The lowest BCUT2D eigenvalue weighted by atomic mass is 10.2. The first kappa shape index (κ1) is 14.7. The number of amides is 1. The van der Waals surface area contributed by atoms with E-state index in [9.17, 15) is 10.1 Å². The summed E-state index contributed by atoms with van der Waals surface area (Å²) in [5.41, 5.74) is 1.35. The van der Waals surface area contributed by atoms with Crippen LogP contribution in [-0.4, -0.2) is 23.7 Å². The van der Waals surface area contributed by atoms with Gasteiger partial charge >= 0.3 is 0 Å². The molecule has 0 fully saturated rings. The molecular formula is C17H15N3O3. The van der Waals surface area contributed by atoms with Crippen molar-refractivity contribution in [1.29, 1.82) is 5.26 Å². The average molecular weight is 309 g/mol. The van der Waals surface area contributed by atoms with Crippen molar-refractivity contribution in [2.24, 2.45) is 7.05 Å². The smallest absolute Gasteiger partial charge is 0.266 e. The first-order valence-corrected chi connectivity index (χ1v) is 7.11. The van der Waals surface area contributed by atoms with Gasteiger partial charge in [-0.05, 0) is 30.3 Å². The number of nitriles is 1. The highest BCUT2D eigenvalue weighted by molar-refractivity contribution is 6.09. The van der Waals surface area contributed by atoms with Crippen molar-refractivity contribution in [3.8, 4) is 17.6 Å². The first-order valence-electron chi connectivity index (χ1n) is 7.11. The largest absolute Gasteiger partial charge is 0.486 e. The Hall–Kier alpha value is -3.20. The minimum atomic E-state index is -0.467. The molecule has 1 N–H and O–H groups in total. The average Bonchev–Trinajstić information content (AvgIpc) is 2.97. The van der Waals surface area contributed by atoms with Gasteiger partial charge in [-0.1, -0.05) is 0 Å². The van der Waals surface area contributed by atoms with E-state index in [2.05, 4.69) is 5.32 Å². The third-order valence-electron chi connectivity index (χ3n) is 3.44. The van der Waals surface area contributed by atoms with E-state index in [1.165, 1.54) is 0 Å². The molecule has 1 amide bonds. The van der Waals surface area contributed by atoms with Gasteiger partial charge in [0.05, 0.1) is 0 Å². The lowest BCUT2D eigenvalue weighted by molar-refractivity contribution is -0.112. The van der Waals surface area contributed by atoms with Crippen molar-refractivity contribution in [1.82, 2.24) is 4.57 Å². The highest BCUT2D eigenvalue weighted by atomic mass is 16.6. The fraction of sp³-hybridized carbons (Fsp3) is 0.176. The van der Waals surface area contributed by atoms with Gasteiger partial charge in [0.15, 0.2) is 11.5 Å². The third kappa shape index (κ3) is 3.19. The molecular weight excluding hydrogens is 294 g/mol. The molecule has 0 unspecified atom stereocenters. The van der Waals surface area contributed by atoms with Crippen molar-refractivity contribution >= 4 is 17.7 Å². The van der Waals surface area contributed by atoms with E-state index < -0.39 is 5.91 Å². The molecule has 116 valence electrons. The van der Waals surface area contributed by atoms with Crippen molar-refractivity contribution in [2.45, 2.75) is 0 Å². The standard InChI is InChI=1S/C17H15N3O3/c1-20-6-2-3-14(20)9-12(11-18)17(21)19-13-4-5-15-16(10-13)23-8-7-22-15/h2-6,9-10H,7-8H2,1H3,(H,19,21)/b12-9+. The number of hydrogen-bond acceptors (Lipinski definition) is 4. The summed E-state index contributed by atoms with van der Waals surface area (Å²) < 4.78 is 12.7. The number of hydrogen-bond donors (Lipinski definition) is 1. The number of nitrogens with one attached hydrogen (secondary N) is 1. The van der Waals surface area contributed by atoms with Gasteiger partial charge in [-0.25, -0.2) is 0 Å². The Balaban J connectivity index is 1.79. The number of aryl methyl sites for hydroxylation is 1. The van der Waals surface area contributed by atoms with Gasteiger partial charge in [0.25, 0.3) is 5.91 Å². The van der Waals surface area contributed by atoms with Crippen LogP contribution in [-0.2, 0) is 11.8 Å². The van der Waals surface area contributed by atoms with Gasteiger partial charge in [0, 0.05) is 30.7 Å². The fourth-order valence-corrected chi connectivity index (χ4v) is 2.24. The van der Waals surface area contributed by atoms with Crippen LogP contribution in [0.4, 0.5) is 5.69 Å². The Morgan fingerprint density at radius 2 is 2.09 bits per heavy atom. The molecule has 2 heterocycles. The van der Waals surface area contributed by atoms with Crippen LogP contribution in [0.5, 0.6) is 11.5 Å². The summed E-state index contributed by atoms with van der Waals surface area (Å²) in [6.07, 6.45) is 3.40. The lowest BCUT2D eigenvalue weighted by Crippen LogP contribution is -2.17. The summed E-state index contributed by atoms with van der Waals surface area (Å²) in [4.78, 5) is 12.3. The number of rotatable bonds is 3. The summed E-state index contributed by atoms with van der Waals surface area (Å²) in [7, 11) is 1.85. The number of ether oxygens (including phenoxy) is 2. The van der Waals surface area contributed by atoms with Gasteiger partial charge in [-0.15, -0.1) is 0 Å². The zero-order valence-electron chi connectivity index (χ0n) is 12.6. The van der Waals surface area contributed by atoms with Crippen molar-refractivity contribution in [3.05, 3.63) is 47.8 Å². The van der Waals surface area contributed by atoms with E-state index in [0.717, 1.165) is 5.69 Å². The lowest BCUT2D eigenvalue weighted by Gasteiger charge is -2.18. The molecule has 6 heteroatoms. The van der Waals surface area contributed by atoms with Crippen molar-refractivity contribution in [2.75, 3.05) is 18.5 Å². The molecule has 23 heavy (non-hydrogen) atoms. The minimum absolute atomic E-state index is 0.0293. The predicted molar refractivity (Wildman–Crippen MR) is 85.1 cm³/mol. The Labute approximate surface area is 133 Å². The van der Waals surface area contributed by atoms with Gasteiger partial charge in [-0.2, -0.15) is 5.26 Å². The fourth-order valence-electron chi connectivity index (χ4n) is 2.24. The molecule has 1 aliphatic rings. The van der Waals surface area contributed by atoms with Crippen molar-refractivity contribution < 1.29 is 14.3 Å². The van der Waals surface area contributed by atoms with Gasteiger partial charge < -0.3 is 19.4 Å². The van der Waals surface area contributed by atoms with Gasteiger partial charge in [0.2, 0.25) is 0 Å². The zero-order chi connectivity index (χ0) is 16.2. The Bertz CT molecular complexity index is 815. The SMILES string of the molecule is Cn1cccc1/C=C(\C#N)C(=O)Nc1ccc2c(c1)OCCO2. The number of aromatic nitrogens is 1. The quantitative estimate of drug-likeness (QED) is 0.697. The Morgan fingerprint density at radius 3 is 2.78 bits per heavy atom. The molecule has 0 saturated heterocycles. The molecule has 1 aromatic carbocycles. The summed E-state index contributed by atoms with van der Waals surface area (Å²) >= 11 is 0. The number of nitrogens with zero attached hydrogens (tertiary/aromatic N) is 2. The molecule has 0 atom stereocenters. The molecule has 0 spiro atoms. The zero-order valence-corrected chi connectivity index (χ0v) is 12.6. The van der Waals surface area contributed by atoms with E-state index in [-0.39, 0.29) is 5.57 Å². The highest BCUT2D eigenvalue weighted by Crippen LogP contribution is 2.32. The topological polar surface area (TPSA) is 76.3 Å². The summed E-state index contributed by atoms with van der Waals surface area (Å²) in [6, 6.07) is 10.7. The summed E-state index contributed by atoms with van der Waals surface area (Å²) in [5, 5.41) is 11.9. The third-order valence-corrected chi connectivity index (χ3v) is 3.44. The number of benzene rings is 1. The van der Waals surface area contributed by atoms with Gasteiger partial charge in [-0.3, -0.25) is 4.79 Å². The maximum absolute atomic E-state index is 12.3. The van der Waals surface area contributed by atoms with E-state index >= 15 is 0 Å². The molecule has 0 bridgehead atoms. The first-order chi connectivity index (χ1) is 11.2. The van der Waals surface area contributed by atoms with E-state index in [4.69, 9.17) is 9.47 Å². The molecule has 0 radical (unpaired) electrons. The normalized spacial score (nSPS) is 13.3. The predicted octanol–water partition coefficient (Wildman–Crippen LogP) is 2.34. The molecule has 0 saturated carbocycles.